The Hall–Kier alpha value is -0.830. The van der Waals surface area contributed by atoms with E-state index >= 15 is 0 Å². The van der Waals surface area contributed by atoms with Gasteiger partial charge < -0.3 is 9.84 Å². The summed E-state index contributed by atoms with van der Waals surface area (Å²) >= 11 is 0. The molecule has 35 heavy (non-hydrogen) atoms. The number of allylic oxidation sites excluding steroid dienone is 2. The Balaban J connectivity index is 1.56. The molecule has 0 aromatic rings. The first-order valence-corrected chi connectivity index (χ1v) is 14.6. The molecule has 5 rings (SSSR count). The Bertz CT molecular complexity index is 916. The van der Waals surface area contributed by atoms with Gasteiger partial charge in [0.05, 0.1) is 12.7 Å². The van der Waals surface area contributed by atoms with Gasteiger partial charge in [0.15, 0.2) is 0 Å². The predicted octanol–water partition coefficient (Wildman–Crippen LogP) is 7.71. The second-order valence-corrected chi connectivity index (χ2v) is 15.7. The van der Waals surface area contributed by atoms with Crippen molar-refractivity contribution in [3.8, 4) is 0 Å². The van der Waals surface area contributed by atoms with E-state index in [9.17, 15) is 9.90 Å². The van der Waals surface area contributed by atoms with Crippen LogP contribution in [0.1, 0.15) is 120 Å². The quantitative estimate of drug-likeness (QED) is 0.322. The average molecular weight is 485 g/mol. The van der Waals surface area contributed by atoms with Gasteiger partial charge in [-0.15, -0.1) is 0 Å². The zero-order valence-corrected chi connectivity index (χ0v) is 23.9. The molecule has 3 heteroatoms. The number of aliphatic hydroxyl groups excluding tert-OH is 1. The minimum absolute atomic E-state index is 0.00162. The Morgan fingerprint density at radius 3 is 2.31 bits per heavy atom. The van der Waals surface area contributed by atoms with Gasteiger partial charge in [-0.1, -0.05) is 60.1 Å². The Labute approximate surface area is 214 Å². The van der Waals surface area contributed by atoms with Gasteiger partial charge in [-0.2, -0.15) is 0 Å². The summed E-state index contributed by atoms with van der Waals surface area (Å²) in [5, 5.41) is 10.9. The van der Waals surface area contributed by atoms with E-state index < -0.39 is 0 Å². The lowest BCUT2D eigenvalue weighted by molar-refractivity contribution is -0.205. The van der Waals surface area contributed by atoms with Crippen molar-refractivity contribution in [3.63, 3.8) is 0 Å². The summed E-state index contributed by atoms with van der Waals surface area (Å²) < 4.78 is 5.78. The highest BCUT2D eigenvalue weighted by Gasteiger charge is 2.68. The topological polar surface area (TPSA) is 46.5 Å². The van der Waals surface area contributed by atoms with Gasteiger partial charge in [-0.25, -0.2) is 0 Å². The van der Waals surface area contributed by atoms with Gasteiger partial charge in [-0.05, 0) is 109 Å². The molecule has 0 saturated heterocycles. The molecule has 3 nitrogen and oxygen atoms in total. The first kappa shape index (κ1) is 25.8. The number of carbonyl (C=O) groups excluding carboxylic acids is 1. The summed E-state index contributed by atoms with van der Waals surface area (Å²) in [5.74, 6) is 1.66. The van der Waals surface area contributed by atoms with Gasteiger partial charge >= 0.3 is 5.97 Å². The minimum atomic E-state index is -0.170. The van der Waals surface area contributed by atoms with Crippen LogP contribution in [0.3, 0.4) is 0 Å². The number of carbonyl (C=O) groups is 1. The maximum absolute atomic E-state index is 11.9. The highest BCUT2D eigenvalue weighted by molar-refractivity contribution is 5.66. The van der Waals surface area contributed by atoms with Crippen LogP contribution in [-0.4, -0.2) is 23.8 Å². The van der Waals surface area contributed by atoms with Gasteiger partial charge in [-0.3, -0.25) is 4.79 Å². The number of rotatable bonds is 2. The molecule has 0 heterocycles. The second-order valence-electron chi connectivity index (χ2n) is 15.7. The summed E-state index contributed by atoms with van der Waals surface area (Å²) in [6.07, 6.45) is 14.4. The lowest BCUT2D eigenvalue weighted by Gasteiger charge is -2.71. The first-order chi connectivity index (χ1) is 16.1. The van der Waals surface area contributed by atoms with Crippen molar-refractivity contribution in [3.05, 3.63) is 11.6 Å². The van der Waals surface area contributed by atoms with Crippen LogP contribution in [0.2, 0.25) is 0 Å². The molecule has 0 radical (unpaired) electrons. The van der Waals surface area contributed by atoms with Crippen molar-refractivity contribution in [1.82, 2.24) is 0 Å². The summed E-state index contributed by atoms with van der Waals surface area (Å²) in [7, 11) is 0. The number of fused-ring (bicyclic) bond motifs is 7. The largest absolute Gasteiger partial charge is 0.465 e. The Morgan fingerprint density at radius 1 is 0.943 bits per heavy atom. The lowest BCUT2D eigenvalue weighted by Crippen LogP contribution is -2.64. The molecule has 1 N–H and O–H groups in total. The molecule has 0 aromatic carbocycles. The Kier molecular flexibility index (Phi) is 5.78. The van der Waals surface area contributed by atoms with Crippen LogP contribution in [0.25, 0.3) is 0 Å². The standard InChI is InChI=1S/C32H52O3/c1-21(33)35-20-32-17-15-27(2,3)19-23(32)22-9-10-25-29(6)13-12-26(34)28(4,5)24(29)11-14-31(25,8)30(22,7)16-18-32/h9,23-26,34H,10-20H2,1-8H3/t23-,24?,25-,26+,29+,30-,31-,32-/m1/s1. The third kappa shape index (κ3) is 3.48. The molecule has 0 spiro atoms. The molecule has 1 unspecified atom stereocenters. The lowest BCUT2D eigenvalue weighted by atomic mass is 9.33. The van der Waals surface area contributed by atoms with Crippen LogP contribution in [0.4, 0.5) is 0 Å². The fourth-order valence-electron chi connectivity index (χ4n) is 10.8. The maximum atomic E-state index is 11.9. The van der Waals surface area contributed by atoms with Gasteiger partial charge in [0.2, 0.25) is 0 Å². The van der Waals surface area contributed by atoms with Crippen LogP contribution >= 0.6 is 0 Å². The van der Waals surface area contributed by atoms with Crippen molar-refractivity contribution in [2.24, 2.45) is 50.2 Å². The van der Waals surface area contributed by atoms with Crippen LogP contribution < -0.4 is 0 Å². The molecule has 0 aromatic heterocycles. The van der Waals surface area contributed by atoms with E-state index in [1.807, 2.05) is 0 Å². The van der Waals surface area contributed by atoms with Crippen molar-refractivity contribution < 1.29 is 14.6 Å². The highest BCUT2D eigenvalue weighted by atomic mass is 16.5. The molecule has 198 valence electrons. The van der Waals surface area contributed by atoms with Crippen molar-refractivity contribution >= 4 is 5.97 Å². The van der Waals surface area contributed by atoms with E-state index in [0.717, 1.165) is 12.8 Å². The number of hydrogen-bond donors (Lipinski definition) is 1. The van der Waals surface area contributed by atoms with Crippen molar-refractivity contribution in [1.29, 1.82) is 0 Å². The van der Waals surface area contributed by atoms with Crippen LogP contribution in [0, 0.1) is 50.2 Å². The van der Waals surface area contributed by atoms with E-state index in [1.165, 1.54) is 51.4 Å². The maximum Gasteiger partial charge on any atom is 0.302 e. The second kappa shape index (κ2) is 7.84. The van der Waals surface area contributed by atoms with Crippen molar-refractivity contribution in [2.45, 2.75) is 126 Å². The molecule has 5 aliphatic carbocycles. The third-order valence-electron chi connectivity index (χ3n) is 13.4. The summed E-state index contributed by atoms with van der Waals surface area (Å²) in [5.41, 5.74) is 2.97. The fraction of sp³-hybridized carbons (Fsp3) is 0.906. The molecule has 0 bridgehead atoms. The predicted molar refractivity (Wildman–Crippen MR) is 142 cm³/mol. The highest BCUT2D eigenvalue weighted by Crippen LogP contribution is 2.75. The van der Waals surface area contributed by atoms with E-state index in [2.05, 4.69) is 54.5 Å². The van der Waals surface area contributed by atoms with Gasteiger partial charge in [0.1, 0.15) is 0 Å². The van der Waals surface area contributed by atoms with Crippen LogP contribution in [0.15, 0.2) is 11.6 Å². The number of ether oxygens (including phenoxy) is 1. The molecular formula is C32H52O3. The van der Waals surface area contributed by atoms with E-state index in [0.29, 0.717) is 35.2 Å². The molecular weight excluding hydrogens is 432 g/mol. The zero-order chi connectivity index (χ0) is 25.7. The molecule has 5 aliphatic rings. The smallest absolute Gasteiger partial charge is 0.302 e. The van der Waals surface area contributed by atoms with Gasteiger partial charge in [0, 0.05) is 12.3 Å². The molecule has 0 aliphatic heterocycles. The molecule has 4 fully saturated rings. The molecule has 0 amide bonds. The molecule has 8 atom stereocenters. The first-order valence-electron chi connectivity index (χ1n) is 14.6. The number of aliphatic hydroxyl groups is 1. The fourth-order valence-corrected chi connectivity index (χ4v) is 10.8. The average Bonchev–Trinajstić information content (AvgIpc) is 2.76. The number of hydrogen-bond acceptors (Lipinski definition) is 3. The summed E-state index contributed by atoms with van der Waals surface area (Å²) in [6.45, 7) is 19.6. The third-order valence-corrected chi connectivity index (χ3v) is 13.4. The summed E-state index contributed by atoms with van der Waals surface area (Å²) in [6, 6.07) is 0. The number of esters is 1. The van der Waals surface area contributed by atoms with Crippen LogP contribution in [-0.2, 0) is 9.53 Å². The molecule has 4 saturated carbocycles. The zero-order valence-electron chi connectivity index (χ0n) is 23.9. The SMILES string of the molecule is CC(=O)OC[C@]12CCC(C)(C)C[C@@H]1C1=CC[C@@H]3[C@@]4(C)CC[C@H](O)C(C)(C)C4CC[C@@]3(C)[C@]1(C)CC2. The van der Waals surface area contributed by atoms with E-state index in [-0.39, 0.29) is 33.7 Å². The summed E-state index contributed by atoms with van der Waals surface area (Å²) in [4.78, 5) is 11.9. The van der Waals surface area contributed by atoms with Crippen LogP contribution in [0.5, 0.6) is 0 Å². The monoisotopic (exact) mass is 484 g/mol. The Morgan fingerprint density at radius 2 is 1.63 bits per heavy atom. The van der Waals surface area contributed by atoms with E-state index in [1.54, 1.807) is 12.5 Å². The normalized spacial score (nSPS) is 50.0. The minimum Gasteiger partial charge on any atom is -0.465 e. The van der Waals surface area contributed by atoms with E-state index in [4.69, 9.17) is 4.74 Å². The van der Waals surface area contributed by atoms with Gasteiger partial charge in [0.25, 0.3) is 0 Å². The van der Waals surface area contributed by atoms with Crippen molar-refractivity contribution in [2.75, 3.05) is 6.61 Å².